The lowest BCUT2D eigenvalue weighted by Gasteiger charge is -2.33. The van der Waals surface area contributed by atoms with Gasteiger partial charge in [0.15, 0.2) is 0 Å². The fourth-order valence-electron chi connectivity index (χ4n) is 4.12. The monoisotopic (exact) mass is 615 g/mol. The molecule has 208 valence electrons. The molecule has 0 saturated heterocycles. The Balaban J connectivity index is 2.00. The Kier molecular flexibility index (Phi) is 10.9. The lowest BCUT2D eigenvalue weighted by Crippen LogP contribution is -2.53. The SMILES string of the molecule is CCNC(=O)[C@@H](Cc1ccccc1)N(Cc1ccc(Br)cc1)C(=O)CN(c1ccc(OCC)cc1)S(C)(=O)=O. The van der Waals surface area contributed by atoms with Crippen LogP contribution in [0.15, 0.2) is 83.3 Å². The highest BCUT2D eigenvalue weighted by molar-refractivity contribution is 9.10. The van der Waals surface area contributed by atoms with E-state index in [1.54, 1.807) is 24.3 Å². The third kappa shape index (κ3) is 8.83. The third-order valence-corrected chi connectivity index (χ3v) is 7.67. The summed E-state index contributed by atoms with van der Waals surface area (Å²) in [6, 6.07) is 22.6. The zero-order valence-corrected chi connectivity index (χ0v) is 24.7. The number of nitrogens with zero attached hydrogens (tertiary/aromatic N) is 2. The van der Waals surface area contributed by atoms with Crippen molar-refractivity contribution in [2.45, 2.75) is 32.9 Å². The van der Waals surface area contributed by atoms with Crippen molar-refractivity contribution in [1.29, 1.82) is 0 Å². The predicted octanol–water partition coefficient (Wildman–Crippen LogP) is 4.39. The predicted molar refractivity (Wildman–Crippen MR) is 157 cm³/mol. The van der Waals surface area contributed by atoms with E-state index >= 15 is 0 Å². The fourth-order valence-corrected chi connectivity index (χ4v) is 5.24. The molecule has 3 rings (SSSR count). The molecule has 8 nitrogen and oxygen atoms in total. The molecule has 0 aliphatic heterocycles. The molecule has 2 amide bonds. The molecule has 0 radical (unpaired) electrons. The summed E-state index contributed by atoms with van der Waals surface area (Å²) in [6.07, 6.45) is 1.33. The molecule has 1 atom stereocenters. The first-order valence-electron chi connectivity index (χ1n) is 12.7. The van der Waals surface area contributed by atoms with Gasteiger partial charge in [0, 0.05) is 24.0 Å². The van der Waals surface area contributed by atoms with Crippen LogP contribution in [0.2, 0.25) is 0 Å². The number of carbonyl (C=O) groups is 2. The van der Waals surface area contributed by atoms with Crippen LogP contribution in [-0.4, -0.2) is 57.1 Å². The minimum Gasteiger partial charge on any atom is -0.494 e. The van der Waals surface area contributed by atoms with Gasteiger partial charge in [0.2, 0.25) is 21.8 Å². The number of ether oxygens (including phenoxy) is 1. The zero-order chi connectivity index (χ0) is 28.4. The minimum atomic E-state index is -3.83. The van der Waals surface area contributed by atoms with Crippen molar-refractivity contribution in [3.8, 4) is 5.75 Å². The van der Waals surface area contributed by atoms with Crippen molar-refractivity contribution in [2.24, 2.45) is 0 Å². The molecular weight excluding hydrogens is 582 g/mol. The van der Waals surface area contributed by atoms with Gasteiger partial charge in [-0.1, -0.05) is 58.4 Å². The molecule has 3 aromatic rings. The molecule has 1 N–H and O–H groups in total. The van der Waals surface area contributed by atoms with Crippen molar-refractivity contribution in [1.82, 2.24) is 10.2 Å². The van der Waals surface area contributed by atoms with E-state index < -0.39 is 28.5 Å². The van der Waals surface area contributed by atoms with Gasteiger partial charge >= 0.3 is 0 Å². The van der Waals surface area contributed by atoms with Crippen LogP contribution in [0, 0.1) is 0 Å². The smallest absolute Gasteiger partial charge is 0.244 e. The van der Waals surface area contributed by atoms with Gasteiger partial charge in [-0.2, -0.15) is 0 Å². The second-order valence-corrected chi connectivity index (χ2v) is 11.8. The van der Waals surface area contributed by atoms with E-state index in [1.807, 2.05) is 68.4 Å². The van der Waals surface area contributed by atoms with Crippen molar-refractivity contribution in [3.05, 3.63) is 94.5 Å². The van der Waals surface area contributed by atoms with Crippen LogP contribution < -0.4 is 14.4 Å². The van der Waals surface area contributed by atoms with Crippen molar-refractivity contribution >= 4 is 43.5 Å². The number of hydrogen-bond acceptors (Lipinski definition) is 5. The van der Waals surface area contributed by atoms with Gasteiger partial charge in [-0.05, 0) is 61.4 Å². The molecule has 0 spiro atoms. The Bertz CT molecular complexity index is 1330. The highest BCUT2D eigenvalue weighted by Gasteiger charge is 2.32. The van der Waals surface area contributed by atoms with Gasteiger partial charge in [0.05, 0.1) is 18.6 Å². The zero-order valence-electron chi connectivity index (χ0n) is 22.3. The highest BCUT2D eigenvalue weighted by atomic mass is 79.9. The van der Waals surface area contributed by atoms with E-state index in [1.165, 1.54) is 4.90 Å². The average Bonchev–Trinajstić information content (AvgIpc) is 2.91. The summed E-state index contributed by atoms with van der Waals surface area (Å²) in [7, 11) is -3.83. The molecule has 0 unspecified atom stereocenters. The van der Waals surface area contributed by atoms with Crippen molar-refractivity contribution in [3.63, 3.8) is 0 Å². The normalized spacial score (nSPS) is 11.9. The molecule has 10 heteroatoms. The molecule has 3 aromatic carbocycles. The number of rotatable bonds is 13. The maximum Gasteiger partial charge on any atom is 0.244 e. The Hall–Kier alpha value is -3.37. The molecule has 0 saturated carbocycles. The number of amides is 2. The largest absolute Gasteiger partial charge is 0.494 e. The maximum absolute atomic E-state index is 14.0. The number of sulfonamides is 1. The van der Waals surface area contributed by atoms with Gasteiger partial charge in [-0.3, -0.25) is 13.9 Å². The molecule has 0 heterocycles. The summed E-state index contributed by atoms with van der Waals surface area (Å²) in [5.41, 5.74) is 2.02. The van der Waals surface area contributed by atoms with Crippen LogP contribution in [0.4, 0.5) is 5.69 Å². The Morgan fingerprint density at radius 3 is 2.13 bits per heavy atom. The lowest BCUT2D eigenvalue weighted by atomic mass is 10.0. The fraction of sp³-hybridized carbons (Fsp3) is 0.310. The van der Waals surface area contributed by atoms with E-state index in [9.17, 15) is 18.0 Å². The molecule has 0 fully saturated rings. The van der Waals surface area contributed by atoms with E-state index in [0.29, 0.717) is 24.6 Å². The van der Waals surface area contributed by atoms with E-state index in [-0.39, 0.29) is 18.9 Å². The quantitative estimate of drug-likeness (QED) is 0.308. The number of anilines is 1. The first kappa shape index (κ1) is 30.2. The number of halogens is 1. The van der Waals surface area contributed by atoms with Gasteiger partial charge in [0.1, 0.15) is 18.3 Å². The number of nitrogens with one attached hydrogen (secondary N) is 1. The number of likely N-dealkylation sites (N-methyl/N-ethyl adjacent to an activating group) is 1. The summed E-state index contributed by atoms with van der Waals surface area (Å²) in [6.45, 7) is 4.20. The molecular formula is C29H34BrN3O5S. The lowest BCUT2D eigenvalue weighted by molar-refractivity contribution is -0.140. The van der Waals surface area contributed by atoms with Crippen molar-refractivity contribution in [2.75, 3.05) is 30.3 Å². The van der Waals surface area contributed by atoms with Crippen LogP contribution in [0.1, 0.15) is 25.0 Å². The van der Waals surface area contributed by atoms with E-state index in [0.717, 1.165) is 26.2 Å². The van der Waals surface area contributed by atoms with Crippen LogP contribution in [0.25, 0.3) is 0 Å². The number of carbonyl (C=O) groups excluding carboxylic acids is 2. The molecule has 0 aliphatic carbocycles. The van der Waals surface area contributed by atoms with Gasteiger partial charge in [-0.15, -0.1) is 0 Å². The standard InChI is InChI=1S/C29H34BrN3O5S/c1-4-31-29(35)27(19-22-9-7-6-8-10-22)32(20-23-11-13-24(30)14-12-23)28(34)21-33(39(3,36)37)25-15-17-26(18-16-25)38-5-2/h6-18,27H,4-5,19-21H2,1-3H3,(H,31,35)/t27-/m1/s1. The van der Waals surface area contributed by atoms with Gasteiger partial charge in [0.25, 0.3) is 0 Å². The minimum absolute atomic E-state index is 0.127. The van der Waals surface area contributed by atoms with E-state index in [4.69, 9.17) is 4.74 Å². The maximum atomic E-state index is 14.0. The Labute approximate surface area is 239 Å². The van der Waals surface area contributed by atoms with Crippen LogP contribution in [-0.2, 0) is 32.6 Å². The van der Waals surface area contributed by atoms with Gasteiger partial charge in [-0.25, -0.2) is 8.42 Å². The Morgan fingerprint density at radius 1 is 0.923 bits per heavy atom. The first-order chi connectivity index (χ1) is 18.6. The van der Waals surface area contributed by atoms with Crippen LogP contribution >= 0.6 is 15.9 Å². The number of benzene rings is 3. The topological polar surface area (TPSA) is 96.0 Å². The van der Waals surface area contributed by atoms with Crippen LogP contribution in [0.3, 0.4) is 0 Å². The Morgan fingerprint density at radius 2 is 1.56 bits per heavy atom. The number of hydrogen-bond donors (Lipinski definition) is 1. The summed E-state index contributed by atoms with van der Waals surface area (Å²) in [5.74, 6) is -0.208. The molecule has 0 bridgehead atoms. The molecule has 39 heavy (non-hydrogen) atoms. The third-order valence-electron chi connectivity index (χ3n) is 6.00. The summed E-state index contributed by atoms with van der Waals surface area (Å²) >= 11 is 3.43. The van der Waals surface area contributed by atoms with Gasteiger partial charge < -0.3 is 15.0 Å². The second-order valence-electron chi connectivity index (χ2n) is 8.94. The van der Waals surface area contributed by atoms with Crippen LogP contribution in [0.5, 0.6) is 5.75 Å². The molecule has 0 aliphatic rings. The summed E-state index contributed by atoms with van der Waals surface area (Å²) < 4.78 is 33.1. The van der Waals surface area contributed by atoms with Crippen molar-refractivity contribution < 1.29 is 22.7 Å². The first-order valence-corrected chi connectivity index (χ1v) is 15.3. The second kappa shape index (κ2) is 14.1. The van der Waals surface area contributed by atoms with E-state index in [2.05, 4.69) is 21.2 Å². The summed E-state index contributed by atoms with van der Waals surface area (Å²) in [4.78, 5) is 28.8. The average molecular weight is 617 g/mol. The highest BCUT2D eigenvalue weighted by Crippen LogP contribution is 2.23. The molecule has 0 aromatic heterocycles. The summed E-state index contributed by atoms with van der Waals surface area (Å²) in [5, 5.41) is 2.84.